The minimum Gasteiger partial charge on any atom is -0.307 e. The Morgan fingerprint density at radius 1 is 0.622 bits per heavy atom. The van der Waals surface area contributed by atoms with Crippen LogP contribution < -0.4 is 0 Å². The molecule has 0 radical (unpaired) electrons. The first kappa shape index (κ1) is 21.0. The molecule has 2 aliphatic carbocycles. The summed E-state index contributed by atoms with van der Waals surface area (Å²) in [6.07, 6.45) is 3.86. The minimum absolute atomic E-state index is 0.102. The van der Waals surface area contributed by atoms with E-state index in [-0.39, 0.29) is 10.8 Å². The van der Waals surface area contributed by atoms with Crippen LogP contribution in [0.1, 0.15) is 49.9 Å². The van der Waals surface area contributed by atoms with Gasteiger partial charge in [0.2, 0.25) is 0 Å². The van der Waals surface area contributed by atoms with E-state index in [0.717, 1.165) is 5.69 Å². The van der Waals surface area contributed by atoms with Gasteiger partial charge in [-0.05, 0) is 62.7 Å². The van der Waals surface area contributed by atoms with Gasteiger partial charge in [0.05, 0.1) is 22.9 Å². The summed E-state index contributed by atoms with van der Waals surface area (Å²) in [5.41, 5.74) is 14.7. The molecule has 178 valence electrons. The number of nitrogens with zero attached hydrogens (tertiary/aromatic N) is 2. The van der Waals surface area contributed by atoms with Gasteiger partial charge in [-0.3, -0.25) is 4.98 Å². The summed E-state index contributed by atoms with van der Waals surface area (Å²) < 4.78 is 2.47. The number of benzene rings is 4. The SMILES string of the molecule is CC1(C)c2ccccc2-c2c1c1c(c3c2c2ccccc2n3-c2cccnc2)C(C)(C)c2ccccc2-1. The van der Waals surface area contributed by atoms with Gasteiger partial charge in [-0.25, -0.2) is 0 Å². The summed E-state index contributed by atoms with van der Waals surface area (Å²) in [6.45, 7) is 9.64. The Bertz CT molecular complexity index is 1920. The van der Waals surface area contributed by atoms with Crippen LogP contribution in [0.25, 0.3) is 49.7 Å². The molecule has 0 amide bonds. The molecule has 2 heteroatoms. The number of para-hydroxylation sites is 1. The molecule has 2 aromatic heterocycles. The van der Waals surface area contributed by atoms with Crippen molar-refractivity contribution >= 4 is 21.8 Å². The van der Waals surface area contributed by atoms with Crippen molar-refractivity contribution in [2.24, 2.45) is 0 Å². The van der Waals surface area contributed by atoms with Gasteiger partial charge in [0.15, 0.2) is 0 Å². The van der Waals surface area contributed by atoms with Gasteiger partial charge in [-0.1, -0.05) is 94.4 Å². The zero-order valence-electron chi connectivity index (χ0n) is 21.6. The monoisotopic (exact) mass is 476 g/mol. The fraction of sp³-hybridized carbons (Fsp3) is 0.171. The first-order chi connectivity index (χ1) is 17.9. The predicted octanol–water partition coefficient (Wildman–Crippen LogP) is 8.79. The third kappa shape index (κ3) is 2.39. The van der Waals surface area contributed by atoms with E-state index in [0.29, 0.717) is 0 Å². The van der Waals surface area contributed by atoms with Crippen LogP contribution in [0, 0.1) is 0 Å². The average molecular weight is 477 g/mol. The maximum atomic E-state index is 4.53. The lowest BCUT2D eigenvalue weighted by molar-refractivity contribution is 0.650. The third-order valence-corrected chi connectivity index (χ3v) is 9.01. The van der Waals surface area contributed by atoms with Gasteiger partial charge in [0, 0.05) is 27.8 Å². The molecule has 0 saturated heterocycles. The van der Waals surface area contributed by atoms with Crippen molar-refractivity contribution in [3.05, 3.63) is 120 Å². The summed E-state index contributed by atoms with van der Waals surface area (Å²) in [7, 11) is 0. The second-order valence-corrected chi connectivity index (χ2v) is 11.6. The van der Waals surface area contributed by atoms with E-state index in [9.17, 15) is 0 Å². The molecular formula is C35H28N2. The lowest BCUT2D eigenvalue weighted by Gasteiger charge is -2.28. The molecule has 0 bridgehead atoms. The zero-order chi connectivity index (χ0) is 25.1. The molecule has 37 heavy (non-hydrogen) atoms. The zero-order valence-corrected chi connectivity index (χ0v) is 21.6. The van der Waals surface area contributed by atoms with Crippen molar-refractivity contribution in [2.75, 3.05) is 0 Å². The molecule has 0 saturated carbocycles. The number of hydrogen-bond donors (Lipinski definition) is 0. The lowest BCUT2D eigenvalue weighted by atomic mass is 9.76. The fourth-order valence-corrected chi connectivity index (χ4v) is 7.51. The largest absolute Gasteiger partial charge is 0.307 e. The van der Waals surface area contributed by atoms with Crippen LogP contribution in [0.3, 0.4) is 0 Å². The van der Waals surface area contributed by atoms with Crippen LogP contribution in [0.2, 0.25) is 0 Å². The van der Waals surface area contributed by atoms with Crippen LogP contribution in [0.4, 0.5) is 0 Å². The molecule has 6 aromatic rings. The van der Waals surface area contributed by atoms with E-state index >= 15 is 0 Å². The number of rotatable bonds is 1. The lowest BCUT2D eigenvalue weighted by Crippen LogP contribution is -2.19. The summed E-state index contributed by atoms with van der Waals surface area (Å²) in [6, 6.07) is 31.3. The highest BCUT2D eigenvalue weighted by Crippen LogP contribution is 2.63. The van der Waals surface area contributed by atoms with E-state index in [2.05, 4.69) is 116 Å². The van der Waals surface area contributed by atoms with E-state index in [1.807, 2.05) is 18.5 Å². The summed E-state index contributed by atoms with van der Waals surface area (Å²) in [4.78, 5) is 4.53. The second-order valence-electron chi connectivity index (χ2n) is 11.6. The van der Waals surface area contributed by atoms with Gasteiger partial charge in [-0.15, -0.1) is 0 Å². The Morgan fingerprint density at radius 3 is 1.95 bits per heavy atom. The predicted molar refractivity (Wildman–Crippen MR) is 154 cm³/mol. The summed E-state index contributed by atoms with van der Waals surface area (Å²) in [5, 5.41) is 2.67. The smallest absolute Gasteiger partial charge is 0.0645 e. The van der Waals surface area contributed by atoms with Crippen LogP contribution >= 0.6 is 0 Å². The highest BCUT2D eigenvalue weighted by molar-refractivity contribution is 6.22. The molecule has 0 spiro atoms. The van der Waals surface area contributed by atoms with Gasteiger partial charge in [-0.2, -0.15) is 0 Å². The highest BCUT2D eigenvalue weighted by atomic mass is 15.0. The molecule has 0 atom stereocenters. The molecule has 4 aromatic carbocycles. The van der Waals surface area contributed by atoms with Crippen molar-refractivity contribution in [3.63, 3.8) is 0 Å². The minimum atomic E-state index is -0.140. The fourth-order valence-electron chi connectivity index (χ4n) is 7.51. The van der Waals surface area contributed by atoms with Crippen LogP contribution in [0.15, 0.2) is 97.3 Å². The Kier molecular flexibility index (Phi) is 3.84. The van der Waals surface area contributed by atoms with Gasteiger partial charge < -0.3 is 4.57 Å². The van der Waals surface area contributed by atoms with Crippen LogP contribution in [-0.2, 0) is 10.8 Å². The van der Waals surface area contributed by atoms with Gasteiger partial charge in [0.1, 0.15) is 0 Å². The van der Waals surface area contributed by atoms with E-state index in [1.54, 1.807) is 0 Å². The first-order valence-corrected chi connectivity index (χ1v) is 13.2. The maximum absolute atomic E-state index is 4.53. The molecule has 0 fully saturated rings. The highest BCUT2D eigenvalue weighted by Gasteiger charge is 2.47. The first-order valence-electron chi connectivity index (χ1n) is 13.2. The van der Waals surface area contributed by atoms with Crippen molar-refractivity contribution < 1.29 is 0 Å². The van der Waals surface area contributed by atoms with E-state index < -0.39 is 0 Å². The topological polar surface area (TPSA) is 17.8 Å². The van der Waals surface area contributed by atoms with Crippen LogP contribution in [-0.4, -0.2) is 9.55 Å². The van der Waals surface area contributed by atoms with Gasteiger partial charge in [0.25, 0.3) is 0 Å². The molecular weight excluding hydrogens is 448 g/mol. The third-order valence-electron chi connectivity index (χ3n) is 9.01. The molecule has 8 rings (SSSR count). The average Bonchev–Trinajstić information content (AvgIpc) is 3.46. The van der Waals surface area contributed by atoms with Gasteiger partial charge >= 0.3 is 0 Å². The molecule has 0 unspecified atom stereocenters. The molecule has 0 aliphatic heterocycles. The summed E-state index contributed by atoms with van der Waals surface area (Å²) in [5.74, 6) is 0. The van der Waals surface area contributed by atoms with Crippen molar-refractivity contribution in [1.82, 2.24) is 9.55 Å². The van der Waals surface area contributed by atoms with Crippen molar-refractivity contribution in [2.45, 2.75) is 38.5 Å². The maximum Gasteiger partial charge on any atom is 0.0645 e. The van der Waals surface area contributed by atoms with E-state index in [4.69, 9.17) is 0 Å². The number of pyridine rings is 1. The van der Waals surface area contributed by atoms with Crippen molar-refractivity contribution in [3.8, 4) is 27.9 Å². The Morgan fingerprint density at radius 2 is 1.24 bits per heavy atom. The second kappa shape index (κ2) is 6.77. The quantitative estimate of drug-likeness (QED) is 0.232. The summed E-state index contributed by atoms with van der Waals surface area (Å²) >= 11 is 0. The Labute approximate surface area is 217 Å². The normalized spacial score (nSPS) is 16.0. The number of fused-ring (bicyclic) bond motifs is 12. The van der Waals surface area contributed by atoms with Crippen LogP contribution in [0.5, 0.6) is 0 Å². The number of hydrogen-bond acceptors (Lipinski definition) is 1. The molecule has 2 aliphatic rings. The standard InChI is InChI=1S/C35H28N2/c1-34(2)25-16-8-5-13-22(25)28-29-24-15-7-10-18-27(24)37(21-12-11-19-36-20-21)33(29)32-30(31(28)34)23-14-6-9-17-26(23)35(32,3)4/h5-20H,1-4H3. The molecule has 2 heterocycles. The number of aromatic nitrogens is 2. The molecule has 0 N–H and O–H groups in total. The van der Waals surface area contributed by atoms with Crippen molar-refractivity contribution in [1.29, 1.82) is 0 Å². The molecule has 2 nitrogen and oxygen atoms in total. The Balaban J connectivity index is 1.73. The Hall–Kier alpha value is -4.17. The van der Waals surface area contributed by atoms with E-state index in [1.165, 1.54) is 66.3 Å².